The molecule has 3 aromatic rings. The molecule has 1 aromatic heterocycles. The standard InChI is InChI=1S/C31H40ClN5O4S2/c1-33-31-34-20-19-27(35-31)23-36(21-24-7-3-2-4-8-24)42(38,39)29-15-17-30(18-16-29)43(40,41)37(28-9-5-6-10-28)22-25-11-13-26(32)14-12-25/h11-20,24,28H,2-10,21-23H2,1H3,(H,33,34,35). The highest BCUT2D eigenvalue weighted by Crippen LogP contribution is 2.32. The van der Waals surface area contributed by atoms with Crippen molar-refractivity contribution in [2.45, 2.75) is 86.7 Å². The number of anilines is 1. The molecule has 1 N–H and O–H groups in total. The fraction of sp³-hybridized carbons (Fsp3) is 0.484. The van der Waals surface area contributed by atoms with E-state index in [0.717, 1.165) is 56.9 Å². The summed E-state index contributed by atoms with van der Waals surface area (Å²) in [6, 6.07) is 14.5. The van der Waals surface area contributed by atoms with E-state index in [1.807, 2.05) is 12.1 Å². The van der Waals surface area contributed by atoms with Gasteiger partial charge in [0.2, 0.25) is 26.0 Å². The Kier molecular flexibility index (Phi) is 10.4. The number of benzene rings is 2. The van der Waals surface area contributed by atoms with Crippen molar-refractivity contribution >= 4 is 37.6 Å². The number of halogens is 1. The number of hydrogen-bond acceptors (Lipinski definition) is 7. The number of hydrogen-bond donors (Lipinski definition) is 1. The number of rotatable bonds is 12. The van der Waals surface area contributed by atoms with Crippen LogP contribution in [0.2, 0.25) is 5.02 Å². The van der Waals surface area contributed by atoms with Crippen molar-refractivity contribution in [1.29, 1.82) is 0 Å². The Morgan fingerprint density at radius 1 is 0.791 bits per heavy atom. The van der Waals surface area contributed by atoms with Crippen molar-refractivity contribution < 1.29 is 16.8 Å². The Hall–Kier alpha value is -2.57. The summed E-state index contributed by atoms with van der Waals surface area (Å²) >= 11 is 6.05. The van der Waals surface area contributed by atoms with Crippen molar-refractivity contribution in [2.24, 2.45) is 5.92 Å². The van der Waals surface area contributed by atoms with Crippen LogP contribution in [0.1, 0.15) is 69.0 Å². The monoisotopic (exact) mass is 645 g/mol. The van der Waals surface area contributed by atoms with Crippen LogP contribution in [-0.4, -0.2) is 55.0 Å². The predicted octanol–water partition coefficient (Wildman–Crippen LogP) is 6.08. The number of aromatic nitrogens is 2. The van der Waals surface area contributed by atoms with Gasteiger partial charge in [-0.15, -0.1) is 0 Å². The van der Waals surface area contributed by atoms with Crippen LogP contribution in [0.4, 0.5) is 5.95 Å². The minimum Gasteiger partial charge on any atom is -0.357 e. The van der Waals surface area contributed by atoms with Gasteiger partial charge in [0.25, 0.3) is 0 Å². The Morgan fingerprint density at radius 3 is 2.02 bits per heavy atom. The molecule has 2 aromatic carbocycles. The molecule has 0 aliphatic heterocycles. The third-order valence-electron chi connectivity index (χ3n) is 8.51. The average Bonchev–Trinajstić information content (AvgIpc) is 3.56. The minimum absolute atomic E-state index is 0.0651. The van der Waals surface area contributed by atoms with Crippen molar-refractivity contribution in [3.05, 3.63) is 77.1 Å². The minimum atomic E-state index is -3.94. The lowest BCUT2D eigenvalue weighted by atomic mass is 9.89. The Balaban J connectivity index is 1.42. The maximum Gasteiger partial charge on any atom is 0.243 e. The zero-order valence-electron chi connectivity index (χ0n) is 24.5. The molecule has 232 valence electrons. The second-order valence-corrected chi connectivity index (χ2v) is 15.8. The van der Waals surface area contributed by atoms with E-state index in [9.17, 15) is 16.8 Å². The third-order valence-corrected chi connectivity index (χ3v) is 12.5. The van der Waals surface area contributed by atoms with Crippen molar-refractivity contribution in [3.8, 4) is 0 Å². The second kappa shape index (κ2) is 14.0. The van der Waals surface area contributed by atoms with Crippen LogP contribution < -0.4 is 5.32 Å². The van der Waals surface area contributed by atoms with Crippen LogP contribution in [0, 0.1) is 5.92 Å². The smallest absolute Gasteiger partial charge is 0.243 e. The van der Waals surface area contributed by atoms with Gasteiger partial charge in [-0.2, -0.15) is 8.61 Å². The summed E-state index contributed by atoms with van der Waals surface area (Å²) < 4.78 is 59.1. The van der Waals surface area contributed by atoms with Gasteiger partial charge < -0.3 is 5.32 Å². The zero-order chi connectivity index (χ0) is 30.5. The van der Waals surface area contributed by atoms with E-state index in [1.165, 1.54) is 35.0 Å². The van der Waals surface area contributed by atoms with Crippen molar-refractivity contribution in [3.63, 3.8) is 0 Å². The molecule has 0 atom stereocenters. The van der Waals surface area contributed by atoms with Gasteiger partial charge in [-0.1, -0.05) is 55.8 Å². The first-order valence-corrected chi connectivity index (χ1v) is 18.3. The SMILES string of the molecule is CNc1nccc(CN(CC2CCCCC2)S(=O)(=O)c2ccc(S(=O)(=O)N(Cc3ccc(Cl)cc3)C3CCCC3)cc2)n1. The van der Waals surface area contributed by atoms with Gasteiger partial charge >= 0.3 is 0 Å². The molecule has 0 amide bonds. The summed E-state index contributed by atoms with van der Waals surface area (Å²) in [6.45, 7) is 0.720. The highest BCUT2D eigenvalue weighted by atomic mass is 35.5. The summed E-state index contributed by atoms with van der Waals surface area (Å²) in [7, 11) is -6.11. The summed E-state index contributed by atoms with van der Waals surface area (Å²) in [4.78, 5) is 8.75. The molecular formula is C31H40ClN5O4S2. The fourth-order valence-corrected chi connectivity index (χ4v) is 9.42. The van der Waals surface area contributed by atoms with Crippen molar-refractivity contribution in [1.82, 2.24) is 18.6 Å². The summed E-state index contributed by atoms with van der Waals surface area (Å²) in [5.41, 5.74) is 1.44. The van der Waals surface area contributed by atoms with E-state index >= 15 is 0 Å². The predicted molar refractivity (Wildman–Crippen MR) is 169 cm³/mol. The van der Waals surface area contributed by atoms with Gasteiger partial charge in [0.1, 0.15) is 0 Å². The summed E-state index contributed by atoms with van der Waals surface area (Å²) in [5.74, 6) is 0.689. The fourth-order valence-electron chi connectivity index (χ4n) is 6.13. The van der Waals surface area contributed by atoms with Gasteiger partial charge in [0, 0.05) is 37.4 Å². The van der Waals surface area contributed by atoms with Crippen LogP contribution >= 0.6 is 11.6 Å². The first-order chi connectivity index (χ1) is 20.7. The van der Waals surface area contributed by atoms with Gasteiger partial charge in [0.15, 0.2) is 0 Å². The van der Waals surface area contributed by atoms with Gasteiger partial charge in [-0.05, 0) is 79.6 Å². The van der Waals surface area contributed by atoms with E-state index in [4.69, 9.17) is 11.6 Å². The number of nitrogens with zero attached hydrogens (tertiary/aromatic N) is 4. The molecule has 2 saturated carbocycles. The molecule has 1 heterocycles. The number of nitrogens with one attached hydrogen (secondary N) is 1. The molecule has 43 heavy (non-hydrogen) atoms. The lowest BCUT2D eigenvalue weighted by Crippen LogP contribution is -2.38. The van der Waals surface area contributed by atoms with Gasteiger partial charge in [-0.3, -0.25) is 0 Å². The third kappa shape index (κ3) is 7.75. The van der Waals surface area contributed by atoms with Crippen LogP contribution in [0.25, 0.3) is 0 Å². The molecule has 0 radical (unpaired) electrons. The normalized spacial score (nSPS) is 17.1. The van der Waals surface area contributed by atoms with E-state index < -0.39 is 20.0 Å². The largest absolute Gasteiger partial charge is 0.357 e. The molecule has 5 rings (SSSR count). The average molecular weight is 646 g/mol. The summed E-state index contributed by atoms with van der Waals surface area (Å²) in [5, 5.41) is 3.50. The quantitative estimate of drug-likeness (QED) is 0.254. The van der Waals surface area contributed by atoms with Crippen molar-refractivity contribution in [2.75, 3.05) is 18.9 Å². The second-order valence-electron chi connectivity index (χ2n) is 11.5. The molecule has 0 spiro atoms. The van der Waals surface area contributed by atoms with E-state index in [1.54, 1.807) is 35.7 Å². The van der Waals surface area contributed by atoms with E-state index in [0.29, 0.717) is 23.2 Å². The molecule has 2 aliphatic rings. The van der Waals surface area contributed by atoms with E-state index in [-0.39, 0.29) is 34.8 Å². The van der Waals surface area contributed by atoms with Gasteiger partial charge in [-0.25, -0.2) is 26.8 Å². The molecular weight excluding hydrogens is 606 g/mol. The molecule has 2 fully saturated rings. The number of sulfonamides is 2. The highest BCUT2D eigenvalue weighted by molar-refractivity contribution is 7.89. The first kappa shape index (κ1) is 31.8. The Morgan fingerprint density at radius 2 is 1.40 bits per heavy atom. The molecule has 0 saturated heterocycles. The lowest BCUT2D eigenvalue weighted by molar-refractivity contribution is 0.274. The highest BCUT2D eigenvalue weighted by Gasteiger charge is 2.34. The van der Waals surface area contributed by atoms with Gasteiger partial charge in [0.05, 0.1) is 22.0 Å². The molecule has 9 nitrogen and oxygen atoms in total. The maximum absolute atomic E-state index is 14.0. The van der Waals surface area contributed by atoms with Crippen LogP contribution in [0.5, 0.6) is 0 Å². The van der Waals surface area contributed by atoms with Crippen LogP contribution in [0.15, 0.2) is 70.6 Å². The Bertz CT molecular complexity index is 1570. The molecule has 0 unspecified atom stereocenters. The molecule has 0 bridgehead atoms. The molecule has 2 aliphatic carbocycles. The maximum atomic E-state index is 14.0. The van der Waals surface area contributed by atoms with E-state index in [2.05, 4.69) is 15.3 Å². The van der Waals surface area contributed by atoms with Crippen LogP contribution in [-0.2, 0) is 33.1 Å². The Labute approximate surface area is 260 Å². The molecule has 12 heteroatoms. The van der Waals surface area contributed by atoms with Crippen LogP contribution in [0.3, 0.4) is 0 Å². The lowest BCUT2D eigenvalue weighted by Gasteiger charge is -2.29. The first-order valence-electron chi connectivity index (χ1n) is 15.0. The zero-order valence-corrected chi connectivity index (χ0v) is 26.9. The topological polar surface area (TPSA) is 113 Å². The summed E-state index contributed by atoms with van der Waals surface area (Å²) in [6.07, 6.45) is 10.5.